The lowest BCUT2D eigenvalue weighted by atomic mass is 10.0. The van der Waals surface area contributed by atoms with Crippen LogP contribution in [0.2, 0.25) is 0 Å². The molecule has 14 heavy (non-hydrogen) atoms. The van der Waals surface area contributed by atoms with Gasteiger partial charge in [0.05, 0.1) is 12.7 Å². The van der Waals surface area contributed by atoms with Crippen molar-refractivity contribution in [3.8, 4) is 0 Å². The fourth-order valence-electron chi connectivity index (χ4n) is 1.61. The quantitative estimate of drug-likeness (QED) is 0.680. The van der Waals surface area contributed by atoms with Crippen molar-refractivity contribution in [3.63, 3.8) is 0 Å². The van der Waals surface area contributed by atoms with E-state index in [0.29, 0.717) is 6.54 Å². The molecule has 1 aliphatic heterocycles. The molecule has 0 aromatic rings. The number of carbonyl (C=O) groups is 1. The lowest BCUT2D eigenvalue weighted by molar-refractivity contribution is -0.142. The van der Waals surface area contributed by atoms with Crippen LogP contribution < -0.4 is 5.32 Å². The number of hydrogen-bond acceptors (Lipinski definition) is 4. The van der Waals surface area contributed by atoms with Gasteiger partial charge in [-0.25, -0.2) is 0 Å². The molecule has 1 aliphatic rings. The van der Waals surface area contributed by atoms with Gasteiger partial charge in [0.1, 0.15) is 6.04 Å². The lowest BCUT2D eigenvalue weighted by Crippen LogP contribution is -2.44. The Bertz CT molecular complexity index is 200. The summed E-state index contributed by atoms with van der Waals surface area (Å²) >= 11 is 0. The van der Waals surface area contributed by atoms with Crippen molar-refractivity contribution in [2.24, 2.45) is 0 Å². The molecule has 0 amide bonds. The zero-order valence-corrected chi connectivity index (χ0v) is 9.13. The van der Waals surface area contributed by atoms with Gasteiger partial charge in [0, 0.05) is 13.2 Å². The van der Waals surface area contributed by atoms with Gasteiger partial charge in [-0.15, -0.1) is 0 Å². The molecule has 4 heteroatoms. The summed E-state index contributed by atoms with van der Waals surface area (Å²) in [5.41, 5.74) is -0.109. The second kappa shape index (κ2) is 4.75. The van der Waals surface area contributed by atoms with E-state index in [0.717, 1.165) is 19.4 Å². The number of esters is 1. The molecule has 2 unspecified atom stereocenters. The summed E-state index contributed by atoms with van der Waals surface area (Å²) < 4.78 is 10.2. The molecule has 1 rings (SSSR count). The van der Waals surface area contributed by atoms with Crippen molar-refractivity contribution in [3.05, 3.63) is 0 Å². The molecule has 2 atom stereocenters. The van der Waals surface area contributed by atoms with Crippen LogP contribution in [0.25, 0.3) is 0 Å². The van der Waals surface area contributed by atoms with Crippen molar-refractivity contribution in [1.82, 2.24) is 5.32 Å². The highest BCUT2D eigenvalue weighted by molar-refractivity contribution is 5.75. The summed E-state index contributed by atoms with van der Waals surface area (Å²) in [6.07, 6.45) is 2.15. The van der Waals surface area contributed by atoms with Crippen molar-refractivity contribution < 1.29 is 14.3 Å². The molecular formula is C10H19NO3. The van der Waals surface area contributed by atoms with E-state index in [1.165, 1.54) is 7.11 Å². The molecule has 4 nitrogen and oxygen atoms in total. The standard InChI is InChI=1S/C10H19NO3/c1-8(9(12)13-3)11-7-10(2)5-4-6-14-10/h8,11H,4-7H2,1-3H3. The van der Waals surface area contributed by atoms with Crippen LogP contribution in [-0.4, -0.2) is 37.9 Å². The Labute approximate surface area is 85.0 Å². The molecule has 0 bridgehead atoms. The Morgan fingerprint density at radius 2 is 2.43 bits per heavy atom. The largest absolute Gasteiger partial charge is 0.468 e. The first-order valence-electron chi connectivity index (χ1n) is 5.02. The van der Waals surface area contributed by atoms with E-state index in [4.69, 9.17) is 4.74 Å². The summed E-state index contributed by atoms with van der Waals surface area (Å²) in [5, 5.41) is 3.12. The molecule has 1 saturated heterocycles. The number of rotatable bonds is 4. The van der Waals surface area contributed by atoms with Gasteiger partial charge < -0.3 is 14.8 Å². The third-order valence-corrected chi connectivity index (χ3v) is 2.64. The van der Waals surface area contributed by atoms with E-state index in [2.05, 4.69) is 17.0 Å². The van der Waals surface area contributed by atoms with Crippen molar-refractivity contribution in [1.29, 1.82) is 0 Å². The van der Waals surface area contributed by atoms with E-state index in [-0.39, 0.29) is 17.6 Å². The average Bonchev–Trinajstić information content (AvgIpc) is 2.61. The first-order valence-corrected chi connectivity index (χ1v) is 5.02. The van der Waals surface area contributed by atoms with E-state index in [1.807, 2.05) is 0 Å². The Morgan fingerprint density at radius 3 is 2.93 bits per heavy atom. The van der Waals surface area contributed by atoms with Gasteiger partial charge in [0.25, 0.3) is 0 Å². The van der Waals surface area contributed by atoms with Gasteiger partial charge in [-0.3, -0.25) is 4.79 Å². The fraction of sp³-hybridized carbons (Fsp3) is 0.900. The predicted octanol–water partition coefficient (Wildman–Crippen LogP) is 0.707. The van der Waals surface area contributed by atoms with E-state index in [1.54, 1.807) is 6.92 Å². The van der Waals surface area contributed by atoms with Crippen LogP contribution >= 0.6 is 0 Å². The lowest BCUT2D eigenvalue weighted by Gasteiger charge is -2.25. The summed E-state index contributed by atoms with van der Waals surface area (Å²) in [6.45, 7) is 5.38. The minimum absolute atomic E-state index is 0.109. The van der Waals surface area contributed by atoms with E-state index >= 15 is 0 Å². The number of hydrogen-bond donors (Lipinski definition) is 1. The van der Waals surface area contributed by atoms with Gasteiger partial charge in [-0.2, -0.15) is 0 Å². The van der Waals surface area contributed by atoms with Gasteiger partial charge in [0.2, 0.25) is 0 Å². The fourth-order valence-corrected chi connectivity index (χ4v) is 1.61. The Kier molecular flexibility index (Phi) is 3.89. The highest BCUT2D eigenvalue weighted by Crippen LogP contribution is 2.23. The monoisotopic (exact) mass is 201 g/mol. The Balaban J connectivity index is 2.28. The maximum atomic E-state index is 11.1. The van der Waals surface area contributed by atoms with Gasteiger partial charge in [-0.1, -0.05) is 0 Å². The average molecular weight is 201 g/mol. The second-order valence-electron chi connectivity index (χ2n) is 4.03. The first kappa shape index (κ1) is 11.5. The SMILES string of the molecule is COC(=O)C(C)NCC1(C)CCCO1. The molecule has 0 radical (unpaired) electrons. The predicted molar refractivity (Wildman–Crippen MR) is 53.1 cm³/mol. The molecular weight excluding hydrogens is 182 g/mol. The third kappa shape index (κ3) is 2.96. The normalized spacial score (nSPS) is 28.8. The number of nitrogens with one attached hydrogen (secondary N) is 1. The number of carbonyl (C=O) groups excluding carboxylic acids is 1. The molecule has 0 aromatic heterocycles. The maximum absolute atomic E-state index is 11.1. The molecule has 0 saturated carbocycles. The molecule has 1 heterocycles. The van der Waals surface area contributed by atoms with Crippen LogP contribution in [0.4, 0.5) is 0 Å². The Morgan fingerprint density at radius 1 is 1.71 bits per heavy atom. The van der Waals surface area contributed by atoms with E-state index in [9.17, 15) is 4.79 Å². The van der Waals surface area contributed by atoms with Crippen LogP contribution in [0.5, 0.6) is 0 Å². The molecule has 0 aromatic carbocycles. The highest BCUT2D eigenvalue weighted by Gasteiger charge is 2.30. The van der Waals surface area contributed by atoms with Crippen molar-refractivity contribution in [2.75, 3.05) is 20.3 Å². The molecule has 1 fully saturated rings. The van der Waals surface area contributed by atoms with Gasteiger partial charge >= 0.3 is 5.97 Å². The number of methoxy groups -OCH3 is 1. The smallest absolute Gasteiger partial charge is 0.322 e. The summed E-state index contributed by atoms with van der Waals surface area (Å²) in [4.78, 5) is 11.1. The maximum Gasteiger partial charge on any atom is 0.322 e. The molecule has 82 valence electrons. The van der Waals surface area contributed by atoms with Crippen LogP contribution in [-0.2, 0) is 14.3 Å². The van der Waals surface area contributed by atoms with Crippen molar-refractivity contribution in [2.45, 2.75) is 38.3 Å². The number of ether oxygens (including phenoxy) is 2. The highest BCUT2D eigenvalue weighted by atomic mass is 16.5. The second-order valence-corrected chi connectivity index (χ2v) is 4.03. The zero-order chi connectivity index (χ0) is 10.6. The third-order valence-electron chi connectivity index (χ3n) is 2.64. The summed E-state index contributed by atoms with van der Waals surface area (Å²) in [5.74, 6) is -0.230. The van der Waals surface area contributed by atoms with Gasteiger partial charge in [-0.05, 0) is 26.7 Å². The minimum atomic E-state index is -0.263. The minimum Gasteiger partial charge on any atom is -0.468 e. The topological polar surface area (TPSA) is 47.6 Å². The molecule has 0 aliphatic carbocycles. The first-order chi connectivity index (χ1) is 6.57. The molecule has 0 spiro atoms. The zero-order valence-electron chi connectivity index (χ0n) is 9.13. The van der Waals surface area contributed by atoms with Crippen LogP contribution in [0.15, 0.2) is 0 Å². The summed E-state index contributed by atoms with van der Waals surface area (Å²) in [7, 11) is 1.40. The molecule has 1 N–H and O–H groups in total. The van der Waals surface area contributed by atoms with Crippen LogP contribution in [0.1, 0.15) is 26.7 Å². The Hall–Kier alpha value is -0.610. The van der Waals surface area contributed by atoms with Crippen LogP contribution in [0, 0.1) is 0 Å². The van der Waals surface area contributed by atoms with Gasteiger partial charge in [0.15, 0.2) is 0 Å². The van der Waals surface area contributed by atoms with Crippen LogP contribution in [0.3, 0.4) is 0 Å². The summed E-state index contributed by atoms with van der Waals surface area (Å²) in [6, 6.07) is -0.263. The van der Waals surface area contributed by atoms with Crippen molar-refractivity contribution >= 4 is 5.97 Å². The van der Waals surface area contributed by atoms with E-state index < -0.39 is 0 Å².